The van der Waals surface area contributed by atoms with Crippen LogP contribution in [0.3, 0.4) is 0 Å². The first-order valence-corrected chi connectivity index (χ1v) is 6.47. The summed E-state index contributed by atoms with van der Waals surface area (Å²) in [7, 11) is 0. The van der Waals surface area contributed by atoms with Gasteiger partial charge < -0.3 is 10.6 Å². The molecule has 0 saturated heterocycles. The van der Waals surface area contributed by atoms with Crippen LogP contribution in [-0.2, 0) is 4.79 Å². The van der Waals surface area contributed by atoms with Gasteiger partial charge in [-0.1, -0.05) is 33.6 Å². The molecule has 1 aliphatic rings. The predicted octanol–water partition coefficient (Wildman–Crippen LogP) is 2.07. The van der Waals surface area contributed by atoms with Crippen molar-refractivity contribution in [2.24, 2.45) is 5.41 Å². The fourth-order valence-electron chi connectivity index (χ4n) is 2.04. The Kier molecular flexibility index (Phi) is 5.26. The van der Waals surface area contributed by atoms with E-state index in [9.17, 15) is 4.79 Å². The van der Waals surface area contributed by atoms with Crippen molar-refractivity contribution in [3.8, 4) is 0 Å². The lowest BCUT2D eigenvalue weighted by atomic mass is 9.97. The molecule has 2 N–H and O–H groups in total. The lowest BCUT2D eigenvalue weighted by molar-refractivity contribution is -0.121. The molecule has 1 amide bonds. The topological polar surface area (TPSA) is 41.1 Å². The van der Waals surface area contributed by atoms with E-state index in [1.165, 1.54) is 25.7 Å². The molecule has 1 rings (SSSR count). The summed E-state index contributed by atoms with van der Waals surface area (Å²) in [6, 6.07) is 0.454. The molecular formula is C13H26N2O. The van der Waals surface area contributed by atoms with Crippen molar-refractivity contribution in [1.29, 1.82) is 0 Å². The highest BCUT2D eigenvalue weighted by Crippen LogP contribution is 2.17. The Balaban J connectivity index is 2.02. The zero-order valence-electron chi connectivity index (χ0n) is 10.9. The fraction of sp³-hybridized carbons (Fsp3) is 0.923. The molecule has 0 aliphatic heterocycles. The van der Waals surface area contributed by atoms with Crippen LogP contribution in [0.1, 0.15) is 52.9 Å². The third-order valence-electron chi connectivity index (χ3n) is 2.90. The smallest absolute Gasteiger partial charge is 0.221 e. The number of hydrogen-bond donors (Lipinski definition) is 2. The van der Waals surface area contributed by atoms with Crippen LogP contribution in [0.15, 0.2) is 0 Å². The SMILES string of the molecule is CC(C)(C)CNCCC(=O)NC1CCCC1. The van der Waals surface area contributed by atoms with E-state index in [1.807, 2.05) is 0 Å². The van der Waals surface area contributed by atoms with Gasteiger partial charge in [0.1, 0.15) is 0 Å². The lowest BCUT2D eigenvalue weighted by Crippen LogP contribution is -2.35. The second-order valence-electron chi connectivity index (χ2n) is 6.04. The monoisotopic (exact) mass is 226 g/mol. The molecule has 0 unspecified atom stereocenters. The highest BCUT2D eigenvalue weighted by atomic mass is 16.1. The first kappa shape index (κ1) is 13.5. The van der Waals surface area contributed by atoms with E-state index in [0.717, 1.165) is 13.1 Å². The van der Waals surface area contributed by atoms with Crippen LogP contribution < -0.4 is 10.6 Å². The Bertz CT molecular complexity index is 214. The fourth-order valence-corrected chi connectivity index (χ4v) is 2.04. The molecular weight excluding hydrogens is 200 g/mol. The second kappa shape index (κ2) is 6.24. The van der Waals surface area contributed by atoms with Gasteiger partial charge in [0.05, 0.1) is 0 Å². The maximum atomic E-state index is 11.6. The normalized spacial score (nSPS) is 17.7. The molecule has 1 saturated carbocycles. The van der Waals surface area contributed by atoms with E-state index in [2.05, 4.69) is 31.4 Å². The molecule has 0 spiro atoms. The van der Waals surface area contributed by atoms with Gasteiger partial charge in [-0.2, -0.15) is 0 Å². The first-order valence-electron chi connectivity index (χ1n) is 6.47. The maximum Gasteiger partial charge on any atom is 0.221 e. The van der Waals surface area contributed by atoms with Gasteiger partial charge >= 0.3 is 0 Å². The van der Waals surface area contributed by atoms with Gasteiger partial charge in [-0.3, -0.25) is 4.79 Å². The van der Waals surface area contributed by atoms with Crippen LogP contribution in [-0.4, -0.2) is 25.0 Å². The van der Waals surface area contributed by atoms with Gasteiger partial charge in [-0.05, 0) is 18.3 Å². The number of carbonyl (C=O) groups excluding carboxylic acids is 1. The highest BCUT2D eigenvalue weighted by Gasteiger charge is 2.16. The minimum absolute atomic E-state index is 0.202. The number of amides is 1. The van der Waals surface area contributed by atoms with Crippen molar-refractivity contribution in [2.75, 3.05) is 13.1 Å². The third-order valence-corrected chi connectivity index (χ3v) is 2.90. The molecule has 0 aromatic rings. The summed E-state index contributed by atoms with van der Waals surface area (Å²) >= 11 is 0. The summed E-state index contributed by atoms with van der Waals surface area (Å²) < 4.78 is 0. The molecule has 94 valence electrons. The largest absolute Gasteiger partial charge is 0.353 e. The number of rotatable bonds is 5. The molecule has 3 heteroatoms. The first-order chi connectivity index (χ1) is 7.47. The Morgan fingerprint density at radius 1 is 1.25 bits per heavy atom. The van der Waals surface area contributed by atoms with Crippen molar-refractivity contribution in [2.45, 2.75) is 58.9 Å². The summed E-state index contributed by atoms with van der Waals surface area (Å²) in [5.74, 6) is 0.202. The van der Waals surface area contributed by atoms with Crippen LogP contribution in [0.25, 0.3) is 0 Å². The lowest BCUT2D eigenvalue weighted by Gasteiger charge is -2.19. The van der Waals surface area contributed by atoms with E-state index in [1.54, 1.807) is 0 Å². The number of carbonyl (C=O) groups is 1. The van der Waals surface area contributed by atoms with Crippen LogP contribution in [0.4, 0.5) is 0 Å². The molecule has 1 aliphatic carbocycles. The van der Waals surface area contributed by atoms with Crippen molar-refractivity contribution in [3.63, 3.8) is 0 Å². The molecule has 0 aromatic heterocycles. The predicted molar refractivity (Wildman–Crippen MR) is 67.3 cm³/mol. The summed E-state index contributed by atoms with van der Waals surface area (Å²) in [5.41, 5.74) is 0.294. The average molecular weight is 226 g/mol. The Hall–Kier alpha value is -0.570. The van der Waals surface area contributed by atoms with Crippen LogP contribution in [0, 0.1) is 5.41 Å². The third kappa shape index (κ3) is 6.11. The van der Waals surface area contributed by atoms with E-state index < -0.39 is 0 Å². The van der Waals surface area contributed by atoms with Gasteiger partial charge in [0.2, 0.25) is 5.91 Å². The van der Waals surface area contributed by atoms with Gasteiger partial charge in [0.15, 0.2) is 0 Å². The maximum absolute atomic E-state index is 11.6. The van der Waals surface area contributed by atoms with Gasteiger partial charge in [-0.15, -0.1) is 0 Å². The summed E-state index contributed by atoms with van der Waals surface area (Å²) in [6.45, 7) is 8.33. The average Bonchev–Trinajstić information content (AvgIpc) is 2.63. The quantitative estimate of drug-likeness (QED) is 0.705. The zero-order valence-corrected chi connectivity index (χ0v) is 10.9. The molecule has 16 heavy (non-hydrogen) atoms. The highest BCUT2D eigenvalue weighted by molar-refractivity contribution is 5.76. The molecule has 0 aromatic carbocycles. The Labute approximate surface area is 99.4 Å². The van der Waals surface area contributed by atoms with Crippen LogP contribution >= 0.6 is 0 Å². The van der Waals surface area contributed by atoms with E-state index in [4.69, 9.17) is 0 Å². The Morgan fingerprint density at radius 2 is 1.88 bits per heavy atom. The van der Waals surface area contributed by atoms with Gasteiger partial charge in [0.25, 0.3) is 0 Å². The van der Waals surface area contributed by atoms with Crippen molar-refractivity contribution in [1.82, 2.24) is 10.6 Å². The van der Waals surface area contributed by atoms with E-state index in [-0.39, 0.29) is 5.91 Å². The second-order valence-corrected chi connectivity index (χ2v) is 6.04. The van der Waals surface area contributed by atoms with Gasteiger partial charge in [-0.25, -0.2) is 0 Å². The molecule has 1 fully saturated rings. The van der Waals surface area contributed by atoms with Crippen molar-refractivity contribution in [3.05, 3.63) is 0 Å². The zero-order chi connectivity index (χ0) is 12.0. The van der Waals surface area contributed by atoms with Crippen LogP contribution in [0.5, 0.6) is 0 Å². The molecule has 0 atom stereocenters. The van der Waals surface area contributed by atoms with Crippen molar-refractivity contribution >= 4 is 5.91 Å². The van der Waals surface area contributed by atoms with E-state index >= 15 is 0 Å². The van der Waals surface area contributed by atoms with Crippen LogP contribution in [0.2, 0.25) is 0 Å². The molecule has 3 nitrogen and oxygen atoms in total. The van der Waals surface area contributed by atoms with Crippen molar-refractivity contribution < 1.29 is 4.79 Å². The minimum Gasteiger partial charge on any atom is -0.353 e. The standard InChI is InChI=1S/C13H26N2O/c1-13(2,3)10-14-9-8-12(16)15-11-6-4-5-7-11/h11,14H,4-10H2,1-3H3,(H,15,16). The number of hydrogen-bond acceptors (Lipinski definition) is 2. The van der Waals surface area contributed by atoms with Gasteiger partial charge in [0, 0.05) is 25.6 Å². The summed E-state index contributed by atoms with van der Waals surface area (Å²) in [4.78, 5) is 11.6. The van der Waals surface area contributed by atoms with E-state index in [0.29, 0.717) is 17.9 Å². The molecule has 0 heterocycles. The number of nitrogens with one attached hydrogen (secondary N) is 2. The summed E-state index contributed by atoms with van der Waals surface area (Å²) in [5, 5.41) is 6.42. The molecule has 0 bridgehead atoms. The molecule has 0 radical (unpaired) electrons. The Morgan fingerprint density at radius 3 is 2.44 bits per heavy atom. The summed E-state index contributed by atoms with van der Waals surface area (Å²) in [6.07, 6.45) is 5.48. The minimum atomic E-state index is 0.202.